The van der Waals surface area contributed by atoms with E-state index in [0.29, 0.717) is 22.8 Å². The highest BCUT2D eigenvalue weighted by molar-refractivity contribution is 7.92. The molecule has 0 atom stereocenters. The topological polar surface area (TPSA) is 69.7 Å². The Morgan fingerprint density at radius 3 is 2.24 bits per heavy atom. The van der Waals surface area contributed by atoms with Gasteiger partial charge in [0.2, 0.25) is 5.91 Å². The number of rotatable bonds is 9. The Hall–Kier alpha value is -2.87. The summed E-state index contributed by atoms with van der Waals surface area (Å²) in [5, 5.41) is 3.32. The summed E-state index contributed by atoms with van der Waals surface area (Å²) in [5.74, 6) is -0.396. The van der Waals surface area contributed by atoms with Crippen LogP contribution in [-0.2, 0) is 27.9 Å². The molecule has 1 fully saturated rings. The van der Waals surface area contributed by atoms with E-state index in [2.05, 4.69) is 22.3 Å². The zero-order chi connectivity index (χ0) is 26.4. The predicted molar refractivity (Wildman–Crippen MR) is 149 cm³/mol. The zero-order valence-corrected chi connectivity index (χ0v) is 23.0. The summed E-state index contributed by atoms with van der Waals surface area (Å²) in [4.78, 5) is 15.6. The van der Waals surface area contributed by atoms with E-state index in [1.54, 1.807) is 49.4 Å². The van der Waals surface area contributed by atoms with Crippen LogP contribution in [0, 0.1) is 13.8 Å². The molecule has 1 aliphatic heterocycles. The van der Waals surface area contributed by atoms with E-state index in [0.717, 1.165) is 35.1 Å². The molecule has 1 N–H and O–H groups in total. The van der Waals surface area contributed by atoms with Gasteiger partial charge in [0.05, 0.1) is 10.6 Å². The Balaban J connectivity index is 1.46. The maximum atomic E-state index is 13.6. The lowest BCUT2D eigenvalue weighted by atomic mass is 10.1. The number of benzene rings is 3. The highest BCUT2D eigenvalue weighted by atomic mass is 35.5. The maximum Gasteiger partial charge on any atom is 0.264 e. The van der Waals surface area contributed by atoms with Crippen molar-refractivity contribution in [3.8, 4) is 0 Å². The average molecular weight is 540 g/mol. The molecule has 4 rings (SSSR count). The number of likely N-dealkylation sites (tertiary alicyclic amines) is 1. The molecular weight excluding hydrogens is 506 g/mol. The number of nitrogens with zero attached hydrogens (tertiary/aromatic N) is 2. The molecule has 6 nitrogen and oxygen atoms in total. The van der Waals surface area contributed by atoms with Crippen LogP contribution in [-0.4, -0.2) is 38.9 Å². The minimum absolute atomic E-state index is 0.120. The number of nitrogens with one attached hydrogen (secondary N) is 1. The van der Waals surface area contributed by atoms with E-state index in [1.807, 2.05) is 19.1 Å². The number of carbonyl (C=O) groups is 1. The Morgan fingerprint density at radius 2 is 1.57 bits per heavy atom. The van der Waals surface area contributed by atoms with Crippen molar-refractivity contribution in [2.24, 2.45) is 0 Å². The molecule has 0 unspecified atom stereocenters. The van der Waals surface area contributed by atoms with E-state index in [1.165, 1.54) is 24.8 Å². The lowest BCUT2D eigenvalue weighted by molar-refractivity contribution is -0.119. The number of carbonyl (C=O) groups excluding carboxylic acids is 1. The van der Waals surface area contributed by atoms with Gasteiger partial charge in [-0.25, -0.2) is 8.42 Å². The molecule has 196 valence electrons. The quantitative estimate of drug-likeness (QED) is 0.392. The van der Waals surface area contributed by atoms with Crippen LogP contribution in [0.1, 0.15) is 41.5 Å². The lowest BCUT2D eigenvalue weighted by Gasteiger charge is -2.26. The number of sulfonamides is 1. The number of hydrogen-bond acceptors (Lipinski definition) is 4. The van der Waals surface area contributed by atoms with Crippen LogP contribution in [0.4, 0.5) is 5.69 Å². The van der Waals surface area contributed by atoms with Crippen molar-refractivity contribution in [3.63, 3.8) is 0 Å². The second kappa shape index (κ2) is 12.1. The Labute approximate surface area is 225 Å². The second-order valence-corrected chi connectivity index (χ2v) is 11.9. The third kappa shape index (κ3) is 6.92. The molecule has 3 aromatic carbocycles. The summed E-state index contributed by atoms with van der Waals surface area (Å²) in [6, 6.07) is 19.9. The van der Waals surface area contributed by atoms with Crippen molar-refractivity contribution >= 4 is 33.2 Å². The summed E-state index contributed by atoms with van der Waals surface area (Å²) < 4.78 is 28.4. The van der Waals surface area contributed by atoms with Gasteiger partial charge in [-0.05, 0) is 80.7 Å². The molecular formula is C29H34ClN3O3S. The molecule has 0 bridgehead atoms. The van der Waals surface area contributed by atoms with Gasteiger partial charge in [0, 0.05) is 18.1 Å². The van der Waals surface area contributed by atoms with Gasteiger partial charge in [-0.3, -0.25) is 14.0 Å². The first-order chi connectivity index (χ1) is 17.7. The van der Waals surface area contributed by atoms with Gasteiger partial charge in [-0.15, -0.1) is 0 Å². The lowest BCUT2D eigenvalue weighted by Crippen LogP contribution is -2.41. The molecule has 0 radical (unpaired) electrons. The van der Waals surface area contributed by atoms with E-state index >= 15 is 0 Å². The van der Waals surface area contributed by atoms with Crippen molar-refractivity contribution < 1.29 is 13.2 Å². The van der Waals surface area contributed by atoms with Gasteiger partial charge in [-0.2, -0.15) is 0 Å². The number of halogens is 1. The predicted octanol–water partition coefficient (Wildman–Crippen LogP) is 5.45. The van der Waals surface area contributed by atoms with Crippen LogP contribution >= 0.6 is 11.6 Å². The fourth-order valence-electron chi connectivity index (χ4n) is 4.53. The van der Waals surface area contributed by atoms with Crippen LogP contribution in [0.3, 0.4) is 0 Å². The molecule has 1 heterocycles. The SMILES string of the molecule is Cc1ccc(S(=O)(=O)N(CC(=O)NCc2ccc(CN3CCCCC3)cc2)c2cccc(Cl)c2C)cc1. The molecule has 0 saturated carbocycles. The van der Waals surface area contributed by atoms with Crippen molar-refractivity contribution in [2.45, 2.75) is 51.1 Å². The highest BCUT2D eigenvalue weighted by Crippen LogP contribution is 2.31. The van der Waals surface area contributed by atoms with Gasteiger partial charge >= 0.3 is 0 Å². The molecule has 1 aliphatic rings. The standard InChI is InChI=1S/C29H34ClN3O3S/c1-22-9-15-26(16-10-22)37(35,36)33(28-8-6-7-27(30)23(28)2)21-29(34)31-19-24-11-13-25(14-12-24)20-32-17-4-3-5-18-32/h6-16H,3-5,17-21H2,1-2H3,(H,31,34). The minimum atomic E-state index is -4.00. The third-order valence-corrected chi connectivity index (χ3v) is 8.95. The monoisotopic (exact) mass is 539 g/mol. The van der Waals surface area contributed by atoms with Gasteiger partial charge in [0.25, 0.3) is 10.0 Å². The van der Waals surface area contributed by atoms with Gasteiger partial charge in [0.1, 0.15) is 6.54 Å². The number of hydrogen-bond donors (Lipinski definition) is 1. The van der Waals surface area contributed by atoms with Gasteiger partial charge in [-0.1, -0.05) is 66.0 Å². The zero-order valence-electron chi connectivity index (χ0n) is 21.4. The number of anilines is 1. The van der Waals surface area contributed by atoms with Crippen molar-refractivity contribution in [3.05, 3.63) is 94.0 Å². The fourth-order valence-corrected chi connectivity index (χ4v) is 6.18. The molecule has 8 heteroatoms. The third-order valence-electron chi connectivity index (χ3n) is 6.77. The summed E-state index contributed by atoms with van der Waals surface area (Å²) in [6.45, 7) is 6.83. The fraction of sp³-hybridized carbons (Fsp3) is 0.345. The first kappa shape index (κ1) is 27.2. The molecule has 0 aromatic heterocycles. The molecule has 1 saturated heterocycles. The smallest absolute Gasteiger partial charge is 0.264 e. The summed E-state index contributed by atoms with van der Waals surface area (Å²) >= 11 is 6.30. The van der Waals surface area contributed by atoms with Crippen LogP contribution in [0.25, 0.3) is 0 Å². The minimum Gasteiger partial charge on any atom is -0.350 e. The van der Waals surface area contributed by atoms with E-state index in [4.69, 9.17) is 11.6 Å². The van der Waals surface area contributed by atoms with E-state index in [-0.39, 0.29) is 11.4 Å². The first-order valence-electron chi connectivity index (χ1n) is 12.7. The van der Waals surface area contributed by atoms with Gasteiger partial charge < -0.3 is 5.32 Å². The summed E-state index contributed by atoms with van der Waals surface area (Å²) in [7, 11) is -4.00. The van der Waals surface area contributed by atoms with Crippen LogP contribution in [0.2, 0.25) is 5.02 Å². The molecule has 0 spiro atoms. The average Bonchev–Trinajstić information content (AvgIpc) is 2.89. The Morgan fingerprint density at radius 1 is 0.919 bits per heavy atom. The Kier molecular flexibility index (Phi) is 8.90. The number of aryl methyl sites for hydroxylation is 1. The molecule has 0 aliphatic carbocycles. The van der Waals surface area contributed by atoms with Crippen LogP contribution < -0.4 is 9.62 Å². The maximum absolute atomic E-state index is 13.6. The Bertz CT molecular complexity index is 1320. The van der Waals surface area contributed by atoms with Crippen molar-refractivity contribution in [1.82, 2.24) is 10.2 Å². The molecule has 3 aromatic rings. The van der Waals surface area contributed by atoms with Crippen molar-refractivity contribution in [1.29, 1.82) is 0 Å². The second-order valence-electron chi connectivity index (χ2n) is 9.64. The highest BCUT2D eigenvalue weighted by Gasteiger charge is 2.28. The molecule has 1 amide bonds. The summed E-state index contributed by atoms with van der Waals surface area (Å²) in [5.41, 5.74) is 4.14. The van der Waals surface area contributed by atoms with E-state index in [9.17, 15) is 13.2 Å². The van der Waals surface area contributed by atoms with E-state index < -0.39 is 15.9 Å². The molecule has 37 heavy (non-hydrogen) atoms. The number of amides is 1. The van der Waals surface area contributed by atoms with Crippen molar-refractivity contribution in [2.75, 3.05) is 23.9 Å². The first-order valence-corrected chi connectivity index (χ1v) is 14.5. The number of piperidine rings is 1. The largest absolute Gasteiger partial charge is 0.350 e. The normalized spacial score (nSPS) is 14.4. The summed E-state index contributed by atoms with van der Waals surface area (Å²) in [6.07, 6.45) is 3.83. The van der Waals surface area contributed by atoms with Gasteiger partial charge in [0.15, 0.2) is 0 Å². The van der Waals surface area contributed by atoms with Crippen LogP contribution in [0.5, 0.6) is 0 Å². The van der Waals surface area contributed by atoms with Crippen LogP contribution in [0.15, 0.2) is 71.6 Å².